The molecule has 0 aliphatic carbocycles. The molecular weight excluding hydrogens is 256 g/mol. The monoisotopic (exact) mass is 278 g/mol. The number of ether oxygens (including phenoxy) is 1. The second-order valence-electron chi connectivity index (χ2n) is 5.25. The van der Waals surface area contributed by atoms with E-state index in [0.717, 1.165) is 31.7 Å². The molecule has 1 saturated heterocycles. The lowest BCUT2D eigenvalue weighted by atomic mass is 10.0. The van der Waals surface area contributed by atoms with E-state index in [1.165, 1.54) is 5.56 Å². The summed E-state index contributed by atoms with van der Waals surface area (Å²) in [6.07, 6.45) is 2.59. The Balaban J connectivity index is 1.77. The lowest BCUT2D eigenvalue weighted by Gasteiger charge is -2.14. The lowest BCUT2D eigenvalue weighted by Crippen LogP contribution is -2.34. The second-order valence-corrected chi connectivity index (χ2v) is 5.66. The van der Waals surface area contributed by atoms with Gasteiger partial charge in [0.2, 0.25) is 0 Å². The van der Waals surface area contributed by atoms with Crippen molar-refractivity contribution in [2.24, 2.45) is 0 Å². The van der Waals surface area contributed by atoms with Gasteiger partial charge in [0.1, 0.15) is 0 Å². The molecule has 0 amide bonds. The van der Waals surface area contributed by atoms with Gasteiger partial charge in [-0.05, 0) is 48.7 Å². The first-order valence-electron chi connectivity index (χ1n) is 6.91. The molecule has 1 fully saturated rings. The fourth-order valence-corrected chi connectivity index (χ4v) is 2.34. The normalized spacial score (nSPS) is 18.6. The SMILES string of the molecule is CC(C)c1ccc(NC(=S)NC[C@@H]2CCCO2)cc1. The van der Waals surface area contributed by atoms with Crippen LogP contribution in [0.1, 0.15) is 38.2 Å². The molecule has 19 heavy (non-hydrogen) atoms. The summed E-state index contributed by atoms with van der Waals surface area (Å²) >= 11 is 5.28. The number of hydrogen-bond donors (Lipinski definition) is 2. The van der Waals surface area contributed by atoms with Gasteiger partial charge in [-0.2, -0.15) is 0 Å². The second kappa shape index (κ2) is 6.87. The summed E-state index contributed by atoms with van der Waals surface area (Å²) in [5.41, 5.74) is 2.36. The van der Waals surface area contributed by atoms with E-state index in [-0.39, 0.29) is 0 Å². The molecular formula is C15H22N2OS. The standard InChI is InChI=1S/C15H22N2OS/c1-11(2)12-5-7-13(8-6-12)17-15(19)16-10-14-4-3-9-18-14/h5-8,11,14H,3-4,9-10H2,1-2H3,(H2,16,17,19)/t14-/m0/s1. The summed E-state index contributed by atoms with van der Waals surface area (Å²) in [5, 5.41) is 7.06. The Morgan fingerprint density at radius 2 is 2.11 bits per heavy atom. The first kappa shape index (κ1) is 14.3. The van der Waals surface area contributed by atoms with Gasteiger partial charge in [-0.25, -0.2) is 0 Å². The van der Waals surface area contributed by atoms with Crippen molar-refractivity contribution in [2.45, 2.75) is 38.7 Å². The molecule has 1 aliphatic heterocycles. The Labute approximate surface area is 120 Å². The number of anilines is 1. The minimum atomic E-state index is 0.308. The van der Waals surface area contributed by atoms with Crippen LogP contribution >= 0.6 is 12.2 Å². The molecule has 0 unspecified atom stereocenters. The molecule has 4 heteroatoms. The third-order valence-corrected chi connectivity index (χ3v) is 3.60. The maximum atomic E-state index is 5.55. The van der Waals surface area contributed by atoms with Crippen molar-refractivity contribution < 1.29 is 4.74 Å². The summed E-state index contributed by atoms with van der Waals surface area (Å²) in [4.78, 5) is 0. The molecule has 0 spiro atoms. The van der Waals surface area contributed by atoms with Gasteiger partial charge in [0.15, 0.2) is 5.11 Å². The van der Waals surface area contributed by atoms with Crippen LogP contribution < -0.4 is 10.6 Å². The zero-order valence-corrected chi connectivity index (χ0v) is 12.4. The highest BCUT2D eigenvalue weighted by Crippen LogP contribution is 2.17. The van der Waals surface area contributed by atoms with Crippen molar-refractivity contribution >= 4 is 23.0 Å². The van der Waals surface area contributed by atoms with Crippen molar-refractivity contribution in [3.63, 3.8) is 0 Å². The van der Waals surface area contributed by atoms with Crippen LogP contribution in [-0.2, 0) is 4.74 Å². The fraction of sp³-hybridized carbons (Fsp3) is 0.533. The first-order valence-corrected chi connectivity index (χ1v) is 7.32. The maximum absolute atomic E-state index is 5.55. The first-order chi connectivity index (χ1) is 9.15. The zero-order chi connectivity index (χ0) is 13.7. The number of nitrogens with one attached hydrogen (secondary N) is 2. The van der Waals surface area contributed by atoms with E-state index in [2.05, 4.69) is 48.7 Å². The Morgan fingerprint density at radius 1 is 1.37 bits per heavy atom. The van der Waals surface area contributed by atoms with Crippen molar-refractivity contribution in [3.05, 3.63) is 29.8 Å². The van der Waals surface area contributed by atoms with Gasteiger partial charge in [-0.3, -0.25) is 0 Å². The van der Waals surface area contributed by atoms with Gasteiger partial charge in [-0.15, -0.1) is 0 Å². The van der Waals surface area contributed by atoms with Gasteiger partial charge in [0.25, 0.3) is 0 Å². The van der Waals surface area contributed by atoms with Crippen molar-refractivity contribution in [1.82, 2.24) is 5.32 Å². The van der Waals surface area contributed by atoms with E-state index in [1.807, 2.05) is 0 Å². The number of thiocarbonyl (C=S) groups is 1. The zero-order valence-electron chi connectivity index (χ0n) is 11.6. The third kappa shape index (κ3) is 4.48. The van der Waals surface area contributed by atoms with Gasteiger partial charge >= 0.3 is 0 Å². The highest BCUT2D eigenvalue weighted by atomic mass is 32.1. The number of benzene rings is 1. The molecule has 1 aliphatic rings. The van der Waals surface area contributed by atoms with Gasteiger partial charge in [-0.1, -0.05) is 26.0 Å². The average Bonchev–Trinajstić information content (AvgIpc) is 2.90. The summed E-state index contributed by atoms with van der Waals surface area (Å²) < 4.78 is 5.55. The van der Waals surface area contributed by atoms with Gasteiger partial charge in [0.05, 0.1) is 6.10 Å². The molecule has 1 heterocycles. The topological polar surface area (TPSA) is 33.3 Å². The molecule has 1 aromatic carbocycles. The Morgan fingerprint density at radius 3 is 2.68 bits per heavy atom. The minimum Gasteiger partial charge on any atom is -0.376 e. The minimum absolute atomic E-state index is 0.308. The number of hydrogen-bond acceptors (Lipinski definition) is 2. The molecule has 2 rings (SSSR count). The molecule has 1 aromatic rings. The summed E-state index contributed by atoms with van der Waals surface area (Å²) in [6, 6.07) is 8.40. The molecule has 0 aromatic heterocycles. The predicted octanol–water partition coefficient (Wildman–Crippen LogP) is 3.28. The van der Waals surface area contributed by atoms with Crippen molar-refractivity contribution in [3.8, 4) is 0 Å². The van der Waals surface area contributed by atoms with E-state index < -0.39 is 0 Å². The predicted molar refractivity (Wildman–Crippen MR) is 83.7 cm³/mol. The van der Waals surface area contributed by atoms with Crippen LogP contribution in [0.25, 0.3) is 0 Å². The van der Waals surface area contributed by atoms with Crippen LogP contribution in [0, 0.1) is 0 Å². The third-order valence-electron chi connectivity index (χ3n) is 3.35. The molecule has 0 saturated carbocycles. The lowest BCUT2D eigenvalue weighted by molar-refractivity contribution is 0.114. The summed E-state index contributed by atoms with van der Waals surface area (Å²) in [5.74, 6) is 0.554. The van der Waals surface area contributed by atoms with E-state index in [9.17, 15) is 0 Å². The Kier molecular flexibility index (Phi) is 5.16. The van der Waals surface area contributed by atoms with Crippen LogP contribution in [0.5, 0.6) is 0 Å². The average molecular weight is 278 g/mol. The molecule has 1 atom stereocenters. The van der Waals surface area contributed by atoms with Crippen molar-refractivity contribution in [2.75, 3.05) is 18.5 Å². The van der Waals surface area contributed by atoms with Gasteiger partial charge < -0.3 is 15.4 Å². The number of rotatable bonds is 4. The Bertz CT molecular complexity index is 411. The maximum Gasteiger partial charge on any atom is 0.170 e. The van der Waals surface area contributed by atoms with Gasteiger partial charge in [0, 0.05) is 18.8 Å². The van der Waals surface area contributed by atoms with E-state index in [4.69, 9.17) is 17.0 Å². The summed E-state index contributed by atoms with van der Waals surface area (Å²) in [7, 11) is 0. The van der Waals surface area contributed by atoms with Crippen LogP contribution in [0.3, 0.4) is 0 Å². The van der Waals surface area contributed by atoms with E-state index in [0.29, 0.717) is 17.1 Å². The van der Waals surface area contributed by atoms with Crippen LogP contribution in [-0.4, -0.2) is 24.4 Å². The molecule has 0 radical (unpaired) electrons. The largest absolute Gasteiger partial charge is 0.376 e. The molecule has 3 nitrogen and oxygen atoms in total. The highest BCUT2D eigenvalue weighted by molar-refractivity contribution is 7.80. The van der Waals surface area contributed by atoms with Crippen molar-refractivity contribution in [1.29, 1.82) is 0 Å². The summed E-state index contributed by atoms with van der Waals surface area (Å²) in [6.45, 7) is 6.05. The molecule has 2 N–H and O–H groups in total. The van der Waals surface area contributed by atoms with Crippen LogP contribution in [0.2, 0.25) is 0 Å². The van der Waals surface area contributed by atoms with E-state index >= 15 is 0 Å². The quantitative estimate of drug-likeness (QED) is 0.828. The fourth-order valence-electron chi connectivity index (χ4n) is 2.14. The van der Waals surface area contributed by atoms with E-state index in [1.54, 1.807) is 0 Å². The Hall–Kier alpha value is -1.13. The van der Waals surface area contributed by atoms with Crippen LogP contribution in [0.4, 0.5) is 5.69 Å². The smallest absolute Gasteiger partial charge is 0.170 e. The highest BCUT2D eigenvalue weighted by Gasteiger charge is 2.15. The molecule has 0 bridgehead atoms. The van der Waals surface area contributed by atoms with Crippen LogP contribution in [0.15, 0.2) is 24.3 Å². The molecule has 104 valence electrons.